The van der Waals surface area contributed by atoms with Crippen molar-refractivity contribution in [1.29, 1.82) is 5.26 Å². The molecule has 90 valence electrons. The van der Waals surface area contributed by atoms with Gasteiger partial charge in [0.2, 0.25) is 0 Å². The van der Waals surface area contributed by atoms with Crippen molar-refractivity contribution >= 4 is 11.8 Å². The molecule has 0 aliphatic rings. The first-order chi connectivity index (χ1) is 8.72. The minimum Gasteiger partial charge on any atom is -0.508 e. The second kappa shape index (κ2) is 5.48. The van der Waals surface area contributed by atoms with Gasteiger partial charge in [0, 0.05) is 4.90 Å². The summed E-state index contributed by atoms with van der Waals surface area (Å²) in [5.74, 6) is 0.915. The summed E-state index contributed by atoms with van der Waals surface area (Å²) >= 11 is 1.52. The van der Waals surface area contributed by atoms with Crippen molar-refractivity contribution in [2.24, 2.45) is 0 Å². The molecular weight excluding hydrogens is 246 g/mol. The van der Waals surface area contributed by atoms with Crippen molar-refractivity contribution in [2.75, 3.05) is 7.11 Å². The van der Waals surface area contributed by atoms with E-state index in [1.54, 1.807) is 31.4 Å². The Morgan fingerprint density at radius 1 is 1.17 bits per heavy atom. The van der Waals surface area contributed by atoms with Gasteiger partial charge in [-0.2, -0.15) is 5.26 Å². The van der Waals surface area contributed by atoms with E-state index in [-0.39, 0.29) is 5.75 Å². The number of phenolic OH excluding ortho intramolecular Hbond substituents is 1. The molecular formula is C14H11NO2S. The second-order valence-electron chi connectivity index (χ2n) is 3.57. The van der Waals surface area contributed by atoms with E-state index in [0.29, 0.717) is 11.3 Å². The lowest BCUT2D eigenvalue weighted by molar-refractivity contribution is 0.404. The van der Waals surface area contributed by atoms with Crippen LogP contribution in [0.3, 0.4) is 0 Å². The van der Waals surface area contributed by atoms with E-state index in [1.807, 2.05) is 18.2 Å². The Bertz CT molecular complexity index is 588. The molecule has 0 aromatic heterocycles. The number of nitriles is 1. The van der Waals surface area contributed by atoms with Gasteiger partial charge in [0.1, 0.15) is 11.5 Å². The van der Waals surface area contributed by atoms with Crippen LogP contribution in [0.4, 0.5) is 0 Å². The van der Waals surface area contributed by atoms with Gasteiger partial charge in [-0.1, -0.05) is 11.8 Å². The summed E-state index contributed by atoms with van der Waals surface area (Å²) in [6.07, 6.45) is 0. The van der Waals surface area contributed by atoms with Gasteiger partial charge in [0.05, 0.1) is 23.6 Å². The second-order valence-corrected chi connectivity index (χ2v) is 4.69. The zero-order valence-corrected chi connectivity index (χ0v) is 10.6. The molecule has 0 bridgehead atoms. The summed E-state index contributed by atoms with van der Waals surface area (Å²) < 4.78 is 5.26. The Morgan fingerprint density at radius 3 is 2.50 bits per heavy atom. The fourth-order valence-electron chi connectivity index (χ4n) is 1.46. The Balaban J connectivity index is 2.29. The van der Waals surface area contributed by atoms with Crippen LogP contribution in [0.25, 0.3) is 0 Å². The van der Waals surface area contributed by atoms with Crippen LogP contribution < -0.4 is 4.74 Å². The van der Waals surface area contributed by atoms with Crippen LogP contribution >= 0.6 is 11.8 Å². The minimum atomic E-state index is 0.242. The highest BCUT2D eigenvalue weighted by Gasteiger charge is 2.06. The van der Waals surface area contributed by atoms with E-state index in [0.717, 1.165) is 9.79 Å². The number of ether oxygens (including phenoxy) is 1. The number of hydrogen-bond donors (Lipinski definition) is 1. The molecule has 0 spiro atoms. The zero-order chi connectivity index (χ0) is 13.0. The summed E-state index contributed by atoms with van der Waals surface area (Å²) in [5.41, 5.74) is 0.571. The predicted octanol–water partition coefficient (Wildman–Crippen LogP) is 3.42. The van der Waals surface area contributed by atoms with Gasteiger partial charge in [-0.3, -0.25) is 0 Å². The highest BCUT2D eigenvalue weighted by Crippen LogP contribution is 2.35. The third kappa shape index (κ3) is 2.76. The minimum absolute atomic E-state index is 0.242. The number of benzene rings is 2. The maximum absolute atomic E-state index is 9.22. The first kappa shape index (κ1) is 12.3. The number of methoxy groups -OCH3 is 1. The molecule has 0 fully saturated rings. The summed E-state index contributed by atoms with van der Waals surface area (Å²) in [6, 6.07) is 14.3. The SMILES string of the molecule is COc1cc(C#N)ccc1Sc1ccc(O)cc1. The van der Waals surface area contributed by atoms with E-state index < -0.39 is 0 Å². The van der Waals surface area contributed by atoms with E-state index in [1.165, 1.54) is 11.8 Å². The van der Waals surface area contributed by atoms with Gasteiger partial charge in [0.15, 0.2) is 0 Å². The van der Waals surface area contributed by atoms with Gasteiger partial charge >= 0.3 is 0 Å². The van der Waals surface area contributed by atoms with Crippen LogP contribution in [0.1, 0.15) is 5.56 Å². The Morgan fingerprint density at radius 2 is 1.89 bits per heavy atom. The number of rotatable bonds is 3. The third-order valence-corrected chi connectivity index (χ3v) is 3.42. The van der Waals surface area contributed by atoms with Crippen molar-refractivity contribution in [3.63, 3.8) is 0 Å². The fourth-order valence-corrected chi connectivity index (χ4v) is 2.37. The molecule has 0 amide bonds. The molecule has 0 heterocycles. The smallest absolute Gasteiger partial charge is 0.134 e. The summed E-state index contributed by atoms with van der Waals surface area (Å²) in [4.78, 5) is 1.93. The Kier molecular flexibility index (Phi) is 3.75. The third-order valence-electron chi connectivity index (χ3n) is 2.36. The van der Waals surface area contributed by atoms with Crippen LogP contribution in [-0.4, -0.2) is 12.2 Å². The van der Waals surface area contributed by atoms with Crippen molar-refractivity contribution in [3.05, 3.63) is 48.0 Å². The summed E-state index contributed by atoms with van der Waals surface area (Å²) in [6.45, 7) is 0. The number of hydrogen-bond acceptors (Lipinski definition) is 4. The number of phenols is 1. The molecule has 2 rings (SSSR count). The van der Waals surface area contributed by atoms with Gasteiger partial charge in [-0.05, 0) is 42.5 Å². The molecule has 4 heteroatoms. The molecule has 2 aromatic carbocycles. The summed E-state index contributed by atoms with van der Waals surface area (Å²) in [7, 11) is 1.58. The number of aromatic hydroxyl groups is 1. The molecule has 0 saturated carbocycles. The maximum atomic E-state index is 9.22. The van der Waals surface area contributed by atoms with Crippen LogP contribution in [-0.2, 0) is 0 Å². The quantitative estimate of drug-likeness (QED) is 0.915. The summed E-state index contributed by atoms with van der Waals surface area (Å²) in [5, 5.41) is 18.1. The van der Waals surface area contributed by atoms with Gasteiger partial charge in [-0.15, -0.1) is 0 Å². The average molecular weight is 257 g/mol. The Labute approximate surface area is 110 Å². The van der Waals surface area contributed by atoms with E-state index in [9.17, 15) is 5.11 Å². The average Bonchev–Trinajstić information content (AvgIpc) is 2.41. The van der Waals surface area contributed by atoms with Crippen LogP contribution in [0.5, 0.6) is 11.5 Å². The van der Waals surface area contributed by atoms with Crippen molar-refractivity contribution < 1.29 is 9.84 Å². The van der Waals surface area contributed by atoms with E-state index in [2.05, 4.69) is 6.07 Å². The van der Waals surface area contributed by atoms with Gasteiger partial charge < -0.3 is 9.84 Å². The monoisotopic (exact) mass is 257 g/mol. The van der Waals surface area contributed by atoms with Crippen molar-refractivity contribution in [3.8, 4) is 17.6 Å². The topological polar surface area (TPSA) is 53.2 Å². The zero-order valence-electron chi connectivity index (χ0n) is 9.75. The molecule has 0 aliphatic heterocycles. The van der Waals surface area contributed by atoms with Crippen LogP contribution in [0.15, 0.2) is 52.3 Å². The van der Waals surface area contributed by atoms with Gasteiger partial charge in [-0.25, -0.2) is 0 Å². The molecule has 3 nitrogen and oxygen atoms in total. The van der Waals surface area contributed by atoms with E-state index in [4.69, 9.17) is 10.00 Å². The molecule has 0 aliphatic carbocycles. The molecule has 0 radical (unpaired) electrons. The largest absolute Gasteiger partial charge is 0.508 e. The lowest BCUT2D eigenvalue weighted by Gasteiger charge is -2.08. The highest BCUT2D eigenvalue weighted by molar-refractivity contribution is 7.99. The molecule has 2 aromatic rings. The first-order valence-electron chi connectivity index (χ1n) is 5.28. The molecule has 0 unspecified atom stereocenters. The highest BCUT2D eigenvalue weighted by atomic mass is 32.2. The first-order valence-corrected chi connectivity index (χ1v) is 6.09. The maximum Gasteiger partial charge on any atom is 0.134 e. The lowest BCUT2D eigenvalue weighted by Crippen LogP contribution is -1.87. The fraction of sp³-hybridized carbons (Fsp3) is 0.0714. The van der Waals surface area contributed by atoms with Gasteiger partial charge in [0.25, 0.3) is 0 Å². The van der Waals surface area contributed by atoms with E-state index >= 15 is 0 Å². The van der Waals surface area contributed by atoms with Crippen molar-refractivity contribution in [1.82, 2.24) is 0 Å². The number of nitrogens with zero attached hydrogens (tertiary/aromatic N) is 1. The normalized spacial score (nSPS) is 9.78. The molecule has 0 saturated heterocycles. The van der Waals surface area contributed by atoms with Crippen LogP contribution in [0, 0.1) is 11.3 Å². The lowest BCUT2D eigenvalue weighted by atomic mass is 10.2. The Hall–Kier alpha value is -2.12. The van der Waals surface area contributed by atoms with Crippen molar-refractivity contribution in [2.45, 2.75) is 9.79 Å². The molecule has 0 atom stereocenters. The standard InChI is InChI=1S/C14H11NO2S/c1-17-13-8-10(9-15)2-7-14(13)18-12-5-3-11(16)4-6-12/h2-8,16H,1H3. The predicted molar refractivity (Wildman–Crippen MR) is 69.9 cm³/mol. The van der Waals surface area contributed by atoms with Crippen LogP contribution in [0.2, 0.25) is 0 Å². The molecule has 1 N–H and O–H groups in total. The molecule has 18 heavy (non-hydrogen) atoms.